The number of anilines is 2. The van der Waals surface area contributed by atoms with Crippen molar-refractivity contribution in [3.05, 3.63) is 11.9 Å². The van der Waals surface area contributed by atoms with Crippen LogP contribution in [0.4, 0.5) is 11.6 Å². The van der Waals surface area contributed by atoms with E-state index in [0.717, 1.165) is 17.5 Å². The molecule has 2 aliphatic rings. The van der Waals surface area contributed by atoms with Gasteiger partial charge in [0.05, 0.1) is 0 Å². The Kier molecular flexibility index (Phi) is 3.78. The van der Waals surface area contributed by atoms with Gasteiger partial charge in [0, 0.05) is 37.2 Å². The average molecular weight is 289 g/mol. The maximum absolute atomic E-state index is 4.75. The molecule has 0 spiro atoms. The second-order valence-corrected chi connectivity index (χ2v) is 7.25. The maximum Gasteiger partial charge on any atom is 0.138 e. The van der Waals surface area contributed by atoms with Crippen molar-refractivity contribution >= 4 is 11.6 Å². The van der Waals surface area contributed by atoms with Gasteiger partial charge in [-0.05, 0) is 25.8 Å². The molecule has 2 fully saturated rings. The number of rotatable bonds is 3. The highest BCUT2D eigenvalue weighted by Crippen LogP contribution is 2.30. The molecule has 2 atom stereocenters. The summed E-state index contributed by atoms with van der Waals surface area (Å²) in [6.45, 7) is 8.94. The van der Waals surface area contributed by atoms with Gasteiger partial charge in [-0.25, -0.2) is 9.97 Å². The third-order valence-electron chi connectivity index (χ3n) is 4.59. The van der Waals surface area contributed by atoms with E-state index in [4.69, 9.17) is 4.98 Å². The molecule has 2 N–H and O–H groups in total. The zero-order chi connectivity index (χ0) is 15.0. The van der Waals surface area contributed by atoms with E-state index in [1.54, 1.807) is 0 Å². The van der Waals surface area contributed by atoms with Crippen LogP contribution in [-0.4, -0.2) is 47.1 Å². The highest BCUT2D eigenvalue weighted by Gasteiger charge is 2.37. The van der Waals surface area contributed by atoms with Gasteiger partial charge < -0.3 is 10.6 Å². The van der Waals surface area contributed by atoms with Gasteiger partial charge in [0.1, 0.15) is 17.5 Å². The normalized spacial score (nSPS) is 25.9. The molecule has 1 aromatic rings. The zero-order valence-electron chi connectivity index (χ0n) is 13.6. The summed E-state index contributed by atoms with van der Waals surface area (Å²) in [5.74, 6) is 2.73. The summed E-state index contributed by atoms with van der Waals surface area (Å²) in [5, 5.41) is 6.82. The van der Waals surface area contributed by atoms with Crippen molar-refractivity contribution in [2.24, 2.45) is 0 Å². The SMILES string of the molecule is CNc1cc(NC2CCN3CCCC23)nc(C(C)(C)C)n1. The number of aromatic nitrogens is 2. The van der Waals surface area contributed by atoms with E-state index in [0.29, 0.717) is 12.1 Å². The largest absolute Gasteiger partial charge is 0.373 e. The van der Waals surface area contributed by atoms with Crippen LogP contribution in [0.25, 0.3) is 0 Å². The molecular weight excluding hydrogens is 262 g/mol. The van der Waals surface area contributed by atoms with E-state index in [9.17, 15) is 0 Å². The van der Waals surface area contributed by atoms with E-state index in [1.165, 1.54) is 32.4 Å². The lowest BCUT2D eigenvalue weighted by Gasteiger charge is -2.23. The molecule has 3 rings (SSSR count). The van der Waals surface area contributed by atoms with Crippen molar-refractivity contribution in [3.63, 3.8) is 0 Å². The molecule has 2 aliphatic heterocycles. The maximum atomic E-state index is 4.75. The quantitative estimate of drug-likeness (QED) is 0.895. The average Bonchev–Trinajstić information content (AvgIpc) is 3.02. The summed E-state index contributed by atoms with van der Waals surface area (Å²) in [6, 6.07) is 3.24. The van der Waals surface area contributed by atoms with Gasteiger partial charge in [-0.2, -0.15) is 0 Å². The molecule has 5 nitrogen and oxygen atoms in total. The first kappa shape index (κ1) is 14.6. The van der Waals surface area contributed by atoms with Crippen LogP contribution in [0.2, 0.25) is 0 Å². The Labute approximate surface area is 127 Å². The van der Waals surface area contributed by atoms with Crippen molar-refractivity contribution < 1.29 is 0 Å². The highest BCUT2D eigenvalue weighted by atomic mass is 15.2. The smallest absolute Gasteiger partial charge is 0.138 e. The van der Waals surface area contributed by atoms with Crippen LogP contribution < -0.4 is 10.6 Å². The van der Waals surface area contributed by atoms with Crippen LogP contribution in [0.5, 0.6) is 0 Å². The second-order valence-electron chi connectivity index (χ2n) is 7.25. The first-order valence-corrected chi connectivity index (χ1v) is 8.05. The van der Waals surface area contributed by atoms with Crippen molar-refractivity contribution in [1.82, 2.24) is 14.9 Å². The fraction of sp³-hybridized carbons (Fsp3) is 0.750. The summed E-state index contributed by atoms with van der Waals surface area (Å²) >= 11 is 0. The van der Waals surface area contributed by atoms with E-state index in [2.05, 4.69) is 41.3 Å². The molecule has 2 unspecified atom stereocenters. The first-order valence-electron chi connectivity index (χ1n) is 8.05. The summed E-state index contributed by atoms with van der Waals surface area (Å²) in [7, 11) is 1.91. The molecule has 1 aromatic heterocycles. The van der Waals surface area contributed by atoms with Gasteiger partial charge in [-0.15, -0.1) is 0 Å². The molecule has 0 aromatic carbocycles. The van der Waals surface area contributed by atoms with Gasteiger partial charge >= 0.3 is 0 Å². The third-order valence-corrected chi connectivity index (χ3v) is 4.59. The van der Waals surface area contributed by atoms with E-state index < -0.39 is 0 Å². The summed E-state index contributed by atoms with van der Waals surface area (Å²) in [6.07, 6.45) is 3.86. The molecule has 0 radical (unpaired) electrons. The molecular formula is C16H27N5. The van der Waals surface area contributed by atoms with Crippen molar-refractivity contribution in [3.8, 4) is 0 Å². The summed E-state index contributed by atoms with van der Waals surface area (Å²) in [4.78, 5) is 12.0. The second kappa shape index (κ2) is 5.44. The zero-order valence-corrected chi connectivity index (χ0v) is 13.6. The highest BCUT2D eigenvalue weighted by molar-refractivity contribution is 5.48. The molecule has 3 heterocycles. The van der Waals surface area contributed by atoms with Crippen LogP contribution >= 0.6 is 0 Å². The number of fused-ring (bicyclic) bond motifs is 1. The summed E-state index contributed by atoms with van der Waals surface area (Å²) < 4.78 is 0. The molecule has 21 heavy (non-hydrogen) atoms. The Morgan fingerprint density at radius 3 is 2.62 bits per heavy atom. The third kappa shape index (κ3) is 2.98. The predicted molar refractivity (Wildman–Crippen MR) is 86.9 cm³/mol. The lowest BCUT2D eigenvalue weighted by atomic mass is 9.96. The number of nitrogens with zero attached hydrogens (tertiary/aromatic N) is 3. The standard InChI is InChI=1S/C16H27N5/c1-16(2,3)15-19-13(17-4)10-14(20-15)18-11-7-9-21-8-5-6-12(11)21/h10-12H,5-9H2,1-4H3,(H2,17,18,19,20). The monoisotopic (exact) mass is 289 g/mol. The number of nitrogens with one attached hydrogen (secondary N) is 2. The van der Waals surface area contributed by atoms with E-state index in [1.807, 2.05) is 13.1 Å². The Morgan fingerprint density at radius 1 is 1.14 bits per heavy atom. The van der Waals surface area contributed by atoms with Crippen LogP contribution in [0.15, 0.2) is 6.07 Å². The Balaban J connectivity index is 1.81. The number of hydrogen-bond donors (Lipinski definition) is 2. The minimum Gasteiger partial charge on any atom is -0.373 e. The summed E-state index contributed by atoms with van der Waals surface area (Å²) in [5.41, 5.74) is -0.0433. The minimum atomic E-state index is -0.0433. The Hall–Kier alpha value is -1.36. The number of hydrogen-bond acceptors (Lipinski definition) is 5. The van der Waals surface area contributed by atoms with Gasteiger partial charge in [-0.3, -0.25) is 4.90 Å². The van der Waals surface area contributed by atoms with Crippen molar-refractivity contribution in [2.75, 3.05) is 30.8 Å². The van der Waals surface area contributed by atoms with Crippen molar-refractivity contribution in [2.45, 2.75) is 57.5 Å². The minimum absolute atomic E-state index is 0.0433. The molecule has 2 saturated heterocycles. The van der Waals surface area contributed by atoms with Crippen LogP contribution in [0.3, 0.4) is 0 Å². The van der Waals surface area contributed by atoms with Crippen molar-refractivity contribution in [1.29, 1.82) is 0 Å². The van der Waals surface area contributed by atoms with E-state index in [-0.39, 0.29) is 5.41 Å². The lowest BCUT2D eigenvalue weighted by molar-refractivity contribution is 0.318. The Bertz CT molecular complexity index is 508. The van der Waals surface area contributed by atoms with Crippen LogP contribution in [0, 0.1) is 0 Å². The molecule has 116 valence electrons. The van der Waals surface area contributed by atoms with Crippen LogP contribution in [0.1, 0.15) is 45.9 Å². The molecule has 0 saturated carbocycles. The van der Waals surface area contributed by atoms with Crippen LogP contribution in [-0.2, 0) is 5.41 Å². The molecule has 0 amide bonds. The topological polar surface area (TPSA) is 53.1 Å². The van der Waals surface area contributed by atoms with Gasteiger partial charge in [0.25, 0.3) is 0 Å². The molecule has 0 aliphatic carbocycles. The van der Waals surface area contributed by atoms with Gasteiger partial charge in [0.2, 0.25) is 0 Å². The first-order chi connectivity index (χ1) is 9.97. The fourth-order valence-corrected chi connectivity index (χ4v) is 3.43. The Morgan fingerprint density at radius 2 is 1.90 bits per heavy atom. The van der Waals surface area contributed by atoms with Gasteiger partial charge in [0.15, 0.2) is 0 Å². The van der Waals surface area contributed by atoms with Gasteiger partial charge in [-0.1, -0.05) is 20.8 Å². The molecule has 0 bridgehead atoms. The fourth-order valence-electron chi connectivity index (χ4n) is 3.43. The lowest BCUT2D eigenvalue weighted by Crippen LogP contribution is -2.34. The van der Waals surface area contributed by atoms with E-state index >= 15 is 0 Å². The molecule has 5 heteroatoms. The predicted octanol–water partition coefficient (Wildman–Crippen LogP) is 2.46.